The van der Waals surface area contributed by atoms with Crippen molar-refractivity contribution in [1.82, 2.24) is 19.8 Å². The molecule has 1 aromatic carbocycles. The minimum Gasteiger partial charge on any atom is -0.508 e. The number of rotatable bonds is 18. The Morgan fingerprint density at radius 1 is 0.960 bits per heavy atom. The Morgan fingerprint density at radius 3 is 2.22 bits per heavy atom. The van der Waals surface area contributed by atoms with E-state index < -0.39 is 16.9 Å². The van der Waals surface area contributed by atoms with E-state index in [1.54, 1.807) is 0 Å². The number of phenols is 3. The van der Waals surface area contributed by atoms with E-state index in [0.29, 0.717) is 47.2 Å². The molecule has 4 rings (SSSR count). The van der Waals surface area contributed by atoms with Crippen LogP contribution < -0.4 is 4.90 Å². The molecule has 274 valence electrons. The first-order valence-corrected chi connectivity index (χ1v) is 18.8. The lowest BCUT2D eigenvalue weighted by Gasteiger charge is -2.32. The van der Waals surface area contributed by atoms with Gasteiger partial charge >= 0.3 is 0 Å². The predicted octanol–water partition coefficient (Wildman–Crippen LogP) is 7.18. The Labute approximate surface area is 300 Å². The first kappa shape index (κ1) is 38.8. The van der Waals surface area contributed by atoms with Gasteiger partial charge in [0.05, 0.1) is 22.8 Å². The second-order valence-corrected chi connectivity index (χ2v) is 15.2. The van der Waals surface area contributed by atoms with Crippen molar-refractivity contribution in [2.75, 3.05) is 37.7 Å². The Morgan fingerprint density at radius 2 is 1.62 bits per heavy atom. The van der Waals surface area contributed by atoms with E-state index in [2.05, 4.69) is 47.7 Å². The molecule has 1 amide bonds. The Hall–Kier alpha value is -3.97. The van der Waals surface area contributed by atoms with E-state index in [4.69, 9.17) is 10.1 Å². The van der Waals surface area contributed by atoms with E-state index >= 15 is 0 Å². The quantitative estimate of drug-likeness (QED) is 0.0799. The molecule has 1 aliphatic heterocycles. The third kappa shape index (κ3) is 9.22. The molecule has 13 heteroatoms. The summed E-state index contributed by atoms with van der Waals surface area (Å²) in [7, 11) is 0. The SMILES string of the molecule is CCCCC(CC)CN(CC(CC)CCCO)C(=O)CN(CC)c1ccc(/N=C2/C(C(C)(C)C)=Nn3c2nnc3-c2cc(O)cc(O)c2O)s1. The van der Waals surface area contributed by atoms with Gasteiger partial charge in [0.1, 0.15) is 16.5 Å². The fourth-order valence-corrected chi connectivity index (χ4v) is 7.16. The summed E-state index contributed by atoms with van der Waals surface area (Å²) in [5.41, 5.74) is 0.863. The summed E-state index contributed by atoms with van der Waals surface area (Å²) >= 11 is 1.48. The zero-order valence-corrected chi connectivity index (χ0v) is 31.5. The van der Waals surface area contributed by atoms with Crippen LogP contribution in [0.1, 0.15) is 99.2 Å². The van der Waals surface area contributed by atoms with Gasteiger partial charge in [-0.1, -0.05) is 78.6 Å². The van der Waals surface area contributed by atoms with Gasteiger partial charge in [0.25, 0.3) is 0 Å². The Balaban J connectivity index is 1.61. The average molecular weight is 710 g/mol. The highest BCUT2D eigenvalue weighted by atomic mass is 32.1. The number of aromatic hydroxyl groups is 3. The van der Waals surface area contributed by atoms with Crippen molar-refractivity contribution in [1.29, 1.82) is 0 Å². The number of phenolic OH excluding ortho intramolecular Hbond substituents is 3. The van der Waals surface area contributed by atoms with Crippen molar-refractivity contribution < 1.29 is 25.2 Å². The number of hydrogen-bond acceptors (Lipinski definition) is 11. The summed E-state index contributed by atoms with van der Waals surface area (Å²) < 4.78 is 1.47. The molecule has 2 atom stereocenters. The summed E-state index contributed by atoms with van der Waals surface area (Å²) in [6.45, 7) is 17.2. The van der Waals surface area contributed by atoms with Gasteiger partial charge < -0.3 is 30.2 Å². The van der Waals surface area contributed by atoms with Crippen LogP contribution in [0.2, 0.25) is 0 Å². The maximum atomic E-state index is 14.0. The molecule has 0 saturated heterocycles. The maximum absolute atomic E-state index is 14.0. The first-order valence-electron chi connectivity index (χ1n) is 18.0. The molecule has 0 bridgehead atoms. The van der Waals surface area contributed by atoms with Crippen LogP contribution in [-0.4, -0.2) is 90.3 Å². The molecule has 3 aromatic rings. The number of fused-ring (bicyclic) bond motifs is 1. The second kappa shape index (κ2) is 17.3. The van der Waals surface area contributed by atoms with Crippen LogP contribution in [0.15, 0.2) is 34.4 Å². The zero-order valence-electron chi connectivity index (χ0n) is 30.7. The second-order valence-electron chi connectivity index (χ2n) is 14.2. The average Bonchev–Trinajstić information content (AvgIpc) is 3.81. The number of unbranched alkanes of at least 4 members (excludes halogenated alkanes) is 1. The van der Waals surface area contributed by atoms with E-state index in [0.717, 1.165) is 62.6 Å². The zero-order chi connectivity index (χ0) is 36.6. The van der Waals surface area contributed by atoms with Gasteiger partial charge in [0.2, 0.25) is 11.7 Å². The van der Waals surface area contributed by atoms with E-state index in [1.807, 2.05) is 32.9 Å². The lowest BCUT2D eigenvalue weighted by molar-refractivity contribution is -0.131. The lowest BCUT2D eigenvalue weighted by atomic mass is 9.87. The number of aromatic nitrogens is 3. The molecule has 0 saturated carbocycles. The Kier molecular flexibility index (Phi) is 13.4. The molecule has 0 fully saturated rings. The summed E-state index contributed by atoms with van der Waals surface area (Å²) in [5.74, 6) is 0.308. The van der Waals surface area contributed by atoms with Crippen molar-refractivity contribution in [2.45, 2.75) is 93.4 Å². The lowest BCUT2D eigenvalue weighted by Crippen LogP contribution is -2.44. The third-order valence-electron chi connectivity index (χ3n) is 9.32. The van der Waals surface area contributed by atoms with Crippen molar-refractivity contribution in [2.24, 2.45) is 27.3 Å². The fraction of sp³-hybridized carbons (Fsp3) is 0.595. The molecule has 12 nitrogen and oxygen atoms in total. The van der Waals surface area contributed by atoms with E-state index in [-0.39, 0.29) is 36.2 Å². The van der Waals surface area contributed by atoms with Gasteiger partial charge in [0.15, 0.2) is 17.3 Å². The van der Waals surface area contributed by atoms with Crippen LogP contribution in [0.5, 0.6) is 17.2 Å². The van der Waals surface area contributed by atoms with Gasteiger partial charge in [-0.3, -0.25) is 4.79 Å². The molecule has 2 unspecified atom stereocenters. The maximum Gasteiger partial charge on any atom is 0.242 e. The van der Waals surface area contributed by atoms with Gasteiger partial charge in [-0.05, 0) is 56.2 Å². The number of aliphatic hydroxyl groups excluding tert-OH is 1. The molecule has 1 aliphatic rings. The number of benzene rings is 1. The molecule has 0 aliphatic carbocycles. The molecule has 2 aromatic heterocycles. The number of anilines is 1. The molecule has 0 spiro atoms. The number of carbonyl (C=O) groups is 1. The molecule has 50 heavy (non-hydrogen) atoms. The smallest absolute Gasteiger partial charge is 0.242 e. The summed E-state index contributed by atoms with van der Waals surface area (Å²) in [4.78, 5) is 23.2. The number of amides is 1. The van der Waals surface area contributed by atoms with E-state index in [9.17, 15) is 25.2 Å². The summed E-state index contributed by atoms with van der Waals surface area (Å²) in [6.07, 6.45) is 7.07. The number of nitrogens with zero attached hydrogens (tertiary/aromatic N) is 7. The normalized spacial score (nSPS) is 14.9. The van der Waals surface area contributed by atoms with Crippen LogP contribution >= 0.6 is 11.3 Å². The number of thiophene rings is 1. The van der Waals surface area contributed by atoms with Gasteiger partial charge in [0, 0.05) is 37.7 Å². The highest BCUT2D eigenvalue weighted by Gasteiger charge is 2.36. The monoisotopic (exact) mass is 709 g/mol. The topological polar surface area (TPSA) is 160 Å². The number of likely N-dealkylation sites (N-methyl/N-ethyl adjacent to an activating group) is 1. The van der Waals surface area contributed by atoms with Gasteiger partial charge in [-0.2, -0.15) is 9.78 Å². The largest absolute Gasteiger partial charge is 0.508 e. The van der Waals surface area contributed by atoms with Crippen LogP contribution in [0.4, 0.5) is 10.0 Å². The van der Waals surface area contributed by atoms with Crippen molar-refractivity contribution in [3.63, 3.8) is 0 Å². The third-order valence-corrected chi connectivity index (χ3v) is 10.4. The molecular weight excluding hydrogens is 655 g/mol. The molecule has 4 N–H and O–H groups in total. The van der Waals surface area contributed by atoms with Gasteiger partial charge in [-0.25, -0.2) is 4.99 Å². The first-order chi connectivity index (χ1) is 23.8. The number of carbonyl (C=O) groups excluding carboxylic acids is 1. The van der Waals surface area contributed by atoms with Crippen molar-refractivity contribution >= 4 is 38.7 Å². The van der Waals surface area contributed by atoms with Crippen LogP contribution in [0, 0.1) is 17.3 Å². The standard InChI is InChI=1S/C37H55N7O5S/c1-8-12-14-24(9-2)21-43(22-25(10-3)15-13-18-45)30(48)23-42(11-4)31-17-16-29(50-31)38-32-34(37(5,6)7)41-44-35(39-40-36(32)44)27-19-26(46)20-28(47)33(27)49/h16-17,19-20,24-25,45-47,49H,8-15,18,21-23H2,1-7H3/b38-32-. The van der Waals surface area contributed by atoms with Crippen molar-refractivity contribution in [3.8, 4) is 28.6 Å². The van der Waals surface area contributed by atoms with E-state index in [1.165, 1.54) is 22.1 Å². The Bertz CT molecular complexity index is 1640. The summed E-state index contributed by atoms with van der Waals surface area (Å²) in [6, 6.07) is 6.26. The summed E-state index contributed by atoms with van der Waals surface area (Å²) in [5, 5.41) is 55.2. The molecule has 3 heterocycles. The van der Waals surface area contributed by atoms with Crippen molar-refractivity contribution in [3.05, 3.63) is 30.1 Å². The minimum atomic E-state index is -0.481. The highest BCUT2D eigenvalue weighted by Crippen LogP contribution is 2.41. The fourth-order valence-electron chi connectivity index (χ4n) is 6.22. The van der Waals surface area contributed by atoms with Crippen LogP contribution in [-0.2, 0) is 4.79 Å². The number of aliphatic imine (C=N–C) groups is 1. The van der Waals surface area contributed by atoms with Crippen LogP contribution in [0.25, 0.3) is 11.4 Å². The number of hydrogen-bond donors (Lipinski definition) is 4. The number of aliphatic hydroxyl groups is 1. The highest BCUT2D eigenvalue weighted by molar-refractivity contribution is 7.19. The van der Waals surface area contributed by atoms with Crippen LogP contribution in [0.3, 0.4) is 0 Å². The minimum absolute atomic E-state index is 0.0875. The molecular formula is C37H55N7O5S. The van der Waals surface area contributed by atoms with Gasteiger partial charge in [-0.15, -0.1) is 10.2 Å². The molecule has 0 radical (unpaired) electrons. The predicted molar refractivity (Wildman–Crippen MR) is 201 cm³/mol.